The highest BCUT2D eigenvalue weighted by atomic mass is 35.5. The number of benzene rings is 1. The molecule has 2 saturated carbocycles. The van der Waals surface area contributed by atoms with Crippen LogP contribution in [-0.2, 0) is 14.8 Å². The molecule has 6 rings (SSSR count). The van der Waals surface area contributed by atoms with Crippen LogP contribution < -0.4 is 19.3 Å². The first-order valence-electron chi connectivity index (χ1n) is 13.2. The Kier molecular flexibility index (Phi) is 6.06. The minimum Gasteiger partial charge on any atom is -0.475 e. The number of ether oxygens (including phenoxy) is 1. The largest absolute Gasteiger partial charge is 0.475 e. The maximum absolute atomic E-state index is 13.3. The first-order valence-corrected chi connectivity index (χ1v) is 15.1. The van der Waals surface area contributed by atoms with E-state index in [2.05, 4.69) is 26.4 Å². The van der Waals surface area contributed by atoms with E-state index >= 15 is 0 Å². The number of aromatic nitrogens is 1. The minimum absolute atomic E-state index is 0.167. The van der Waals surface area contributed by atoms with Gasteiger partial charge in [-0.25, -0.2) is 9.71 Å². The van der Waals surface area contributed by atoms with Gasteiger partial charge in [-0.3, -0.25) is 4.79 Å². The number of halogens is 1. The topological polar surface area (TPSA) is 91.8 Å². The average Bonchev–Trinajstić information content (AvgIpc) is 3.78. The molecule has 4 fully saturated rings. The summed E-state index contributed by atoms with van der Waals surface area (Å²) in [6.45, 7) is 5.70. The number of amides is 1. The highest BCUT2D eigenvalue weighted by molar-refractivity contribution is 7.90. The van der Waals surface area contributed by atoms with Gasteiger partial charge in [-0.1, -0.05) is 24.6 Å². The van der Waals surface area contributed by atoms with Crippen LogP contribution in [0.5, 0.6) is 5.75 Å². The van der Waals surface area contributed by atoms with E-state index < -0.39 is 21.5 Å². The molecule has 3 heterocycles. The van der Waals surface area contributed by atoms with Gasteiger partial charge in [0.2, 0.25) is 0 Å². The lowest BCUT2D eigenvalue weighted by atomic mass is 9.93. The molecule has 2 saturated heterocycles. The van der Waals surface area contributed by atoms with Crippen molar-refractivity contribution < 1.29 is 17.9 Å². The third kappa shape index (κ3) is 5.00. The molecule has 0 bridgehead atoms. The number of rotatable bonds is 7. The van der Waals surface area contributed by atoms with E-state index in [9.17, 15) is 13.2 Å². The Morgan fingerprint density at radius 3 is 2.46 bits per heavy atom. The Balaban J connectivity index is 1.18. The summed E-state index contributed by atoms with van der Waals surface area (Å²) in [5, 5.41) is 0.343. The van der Waals surface area contributed by atoms with Crippen molar-refractivity contribution >= 4 is 39.0 Å². The summed E-state index contributed by atoms with van der Waals surface area (Å²) in [6, 6.07) is 10.4. The van der Waals surface area contributed by atoms with Gasteiger partial charge in [0.15, 0.2) is 10.6 Å². The second-order valence-electron chi connectivity index (χ2n) is 11.3. The normalized spacial score (nSPS) is 23.7. The number of hydrogen-bond donors (Lipinski definition) is 1. The van der Waals surface area contributed by atoms with Gasteiger partial charge in [0.1, 0.15) is 11.6 Å². The Labute approximate surface area is 223 Å². The monoisotopic (exact) mass is 544 g/mol. The van der Waals surface area contributed by atoms with Crippen molar-refractivity contribution in [1.82, 2.24) is 9.71 Å². The van der Waals surface area contributed by atoms with Crippen molar-refractivity contribution in [3.63, 3.8) is 0 Å². The maximum atomic E-state index is 13.3. The van der Waals surface area contributed by atoms with Crippen molar-refractivity contribution in [2.24, 2.45) is 11.3 Å². The molecule has 1 amide bonds. The van der Waals surface area contributed by atoms with Gasteiger partial charge in [0.25, 0.3) is 15.9 Å². The van der Waals surface area contributed by atoms with Crippen molar-refractivity contribution in [3.05, 3.63) is 41.4 Å². The second-order valence-corrected chi connectivity index (χ2v) is 13.4. The first kappa shape index (κ1) is 24.8. The van der Waals surface area contributed by atoms with Crippen molar-refractivity contribution in [2.75, 3.05) is 36.0 Å². The number of carbonyl (C=O) groups is 1. The van der Waals surface area contributed by atoms with E-state index in [0.29, 0.717) is 40.8 Å². The van der Waals surface area contributed by atoms with Crippen LogP contribution in [-0.4, -0.2) is 51.1 Å². The van der Waals surface area contributed by atoms with E-state index in [1.165, 1.54) is 18.9 Å². The van der Waals surface area contributed by atoms with Crippen LogP contribution in [0.4, 0.5) is 11.5 Å². The minimum atomic E-state index is -4.16. The zero-order chi connectivity index (χ0) is 25.8. The van der Waals surface area contributed by atoms with E-state index in [-0.39, 0.29) is 5.03 Å². The predicted octanol–water partition coefficient (Wildman–Crippen LogP) is 4.38. The number of nitrogens with one attached hydrogen (secondary N) is 1. The fourth-order valence-corrected chi connectivity index (χ4v) is 6.74. The SMILES string of the molecule is CC1CCN(c2cccc(S(=O)(=O)NC(=O)C3(Oc4cc(Cl)ccc4N4CCC5(CC4)CC5)CC3)n2)C1. The van der Waals surface area contributed by atoms with E-state index in [1.807, 2.05) is 12.1 Å². The second kappa shape index (κ2) is 9.05. The molecule has 0 radical (unpaired) electrons. The number of hydrogen-bond acceptors (Lipinski definition) is 7. The fourth-order valence-electron chi connectivity index (χ4n) is 5.57. The molecule has 198 valence electrons. The molecule has 10 heteroatoms. The van der Waals surface area contributed by atoms with Gasteiger partial charge in [0, 0.05) is 50.1 Å². The number of nitrogens with zero attached hydrogens (tertiary/aromatic N) is 3. The lowest BCUT2D eigenvalue weighted by Crippen LogP contribution is -2.44. The van der Waals surface area contributed by atoms with Gasteiger partial charge < -0.3 is 14.5 Å². The number of piperidine rings is 1. The Hall–Kier alpha value is -2.52. The fraction of sp³-hybridized carbons (Fsp3) is 0.556. The van der Waals surface area contributed by atoms with Gasteiger partial charge in [-0.15, -0.1) is 0 Å². The van der Waals surface area contributed by atoms with Crippen LogP contribution in [0.15, 0.2) is 41.4 Å². The first-order chi connectivity index (χ1) is 17.7. The lowest BCUT2D eigenvalue weighted by molar-refractivity contribution is -0.127. The van der Waals surface area contributed by atoms with Crippen LogP contribution in [0.3, 0.4) is 0 Å². The molecule has 1 N–H and O–H groups in total. The molecule has 1 atom stereocenters. The van der Waals surface area contributed by atoms with Crippen LogP contribution in [0.25, 0.3) is 0 Å². The molecule has 1 unspecified atom stereocenters. The molecular formula is C27H33ClN4O4S. The molecule has 2 aromatic rings. The standard InChI is InChI=1S/C27H33ClN4O4S/c1-19-7-14-32(18-19)23-3-2-4-24(29-23)37(34,35)30-25(33)27(10-11-27)36-22-17-20(28)5-6-21(22)31-15-12-26(8-9-26)13-16-31/h2-6,17,19H,7-16,18H2,1H3,(H,30,33). The number of anilines is 2. The number of carbonyl (C=O) groups excluding carboxylic acids is 1. The molecule has 2 aliphatic carbocycles. The lowest BCUT2D eigenvalue weighted by Gasteiger charge is -2.35. The summed E-state index contributed by atoms with van der Waals surface area (Å²) in [6.07, 6.45) is 6.85. The maximum Gasteiger partial charge on any atom is 0.281 e. The molecule has 8 nitrogen and oxygen atoms in total. The van der Waals surface area contributed by atoms with Crippen LogP contribution >= 0.6 is 11.6 Å². The summed E-state index contributed by atoms with van der Waals surface area (Å²) in [5.74, 6) is 0.989. The van der Waals surface area contributed by atoms with Gasteiger partial charge in [0.05, 0.1) is 5.69 Å². The Morgan fingerprint density at radius 1 is 1.05 bits per heavy atom. The Morgan fingerprint density at radius 2 is 1.81 bits per heavy atom. The average molecular weight is 545 g/mol. The van der Waals surface area contributed by atoms with E-state index in [0.717, 1.165) is 51.1 Å². The summed E-state index contributed by atoms with van der Waals surface area (Å²) in [4.78, 5) is 22.0. The van der Waals surface area contributed by atoms with E-state index in [1.54, 1.807) is 18.2 Å². The summed E-state index contributed by atoms with van der Waals surface area (Å²) < 4.78 is 34.8. The van der Waals surface area contributed by atoms with Crippen LogP contribution in [0.2, 0.25) is 5.02 Å². The highest BCUT2D eigenvalue weighted by Gasteiger charge is 2.55. The molecule has 4 aliphatic rings. The van der Waals surface area contributed by atoms with Crippen molar-refractivity contribution in [1.29, 1.82) is 0 Å². The molecular weight excluding hydrogens is 512 g/mol. The molecule has 37 heavy (non-hydrogen) atoms. The predicted molar refractivity (Wildman–Crippen MR) is 143 cm³/mol. The van der Waals surface area contributed by atoms with Crippen LogP contribution in [0.1, 0.15) is 51.9 Å². The number of pyridine rings is 1. The molecule has 1 spiro atoms. The third-order valence-electron chi connectivity index (χ3n) is 8.43. The smallest absolute Gasteiger partial charge is 0.281 e. The zero-order valence-electron chi connectivity index (χ0n) is 21.1. The van der Waals surface area contributed by atoms with Gasteiger partial charge in [-0.05, 0) is 67.7 Å². The van der Waals surface area contributed by atoms with Gasteiger partial charge >= 0.3 is 0 Å². The summed E-state index contributed by atoms with van der Waals surface area (Å²) >= 11 is 6.30. The third-order valence-corrected chi connectivity index (χ3v) is 9.89. The zero-order valence-corrected chi connectivity index (χ0v) is 22.7. The van der Waals surface area contributed by atoms with E-state index in [4.69, 9.17) is 16.3 Å². The van der Waals surface area contributed by atoms with Crippen LogP contribution in [0, 0.1) is 11.3 Å². The highest BCUT2D eigenvalue weighted by Crippen LogP contribution is 2.54. The van der Waals surface area contributed by atoms with Gasteiger partial charge in [-0.2, -0.15) is 8.42 Å². The summed E-state index contributed by atoms with van der Waals surface area (Å²) in [7, 11) is -4.16. The van der Waals surface area contributed by atoms with Crippen molar-refractivity contribution in [2.45, 2.75) is 62.5 Å². The van der Waals surface area contributed by atoms with Crippen molar-refractivity contribution in [3.8, 4) is 5.75 Å². The molecule has 1 aromatic carbocycles. The number of sulfonamides is 1. The molecule has 1 aromatic heterocycles. The Bertz CT molecular complexity index is 1320. The molecule has 2 aliphatic heterocycles. The quantitative estimate of drug-likeness (QED) is 0.553. The summed E-state index contributed by atoms with van der Waals surface area (Å²) in [5.41, 5.74) is 0.201.